The van der Waals surface area contributed by atoms with Gasteiger partial charge in [0.25, 0.3) is 0 Å². The van der Waals surface area contributed by atoms with Crippen LogP contribution in [0.5, 0.6) is 0 Å². The number of hydrogen-bond donors (Lipinski definition) is 2. The largest absolute Gasteiger partial charge is 0.397 e. The summed E-state index contributed by atoms with van der Waals surface area (Å²) in [6.45, 7) is 21.6. The molecule has 0 saturated carbocycles. The SMILES string of the molecule is C=Cc1ccccc1CN(CC)C1CCc2ccc(C(c3ccc(NC)c(N)c3C)C(C)(C)C(=C)C)cc21. The normalized spacial score (nSPS) is 15.8. The van der Waals surface area contributed by atoms with E-state index >= 15 is 0 Å². The van der Waals surface area contributed by atoms with Crippen molar-refractivity contribution in [3.63, 3.8) is 0 Å². The Morgan fingerprint density at radius 2 is 1.92 bits per heavy atom. The minimum absolute atomic E-state index is 0.145. The second kappa shape index (κ2) is 11.2. The van der Waals surface area contributed by atoms with Crippen LogP contribution in [-0.2, 0) is 13.0 Å². The van der Waals surface area contributed by atoms with Gasteiger partial charge in [0.15, 0.2) is 0 Å². The van der Waals surface area contributed by atoms with Crippen LogP contribution in [0.3, 0.4) is 0 Å². The summed E-state index contributed by atoms with van der Waals surface area (Å²) >= 11 is 0. The Kier molecular flexibility index (Phi) is 8.18. The maximum Gasteiger partial charge on any atom is 0.0582 e. The minimum atomic E-state index is -0.145. The van der Waals surface area contributed by atoms with Gasteiger partial charge in [0.1, 0.15) is 0 Å². The number of nitrogen functional groups attached to an aromatic ring is 1. The smallest absolute Gasteiger partial charge is 0.0582 e. The van der Waals surface area contributed by atoms with Crippen molar-refractivity contribution in [1.29, 1.82) is 0 Å². The van der Waals surface area contributed by atoms with Crippen LogP contribution in [0.1, 0.15) is 85.0 Å². The molecule has 0 aromatic heterocycles. The zero-order valence-electron chi connectivity index (χ0n) is 24.2. The Morgan fingerprint density at radius 3 is 2.58 bits per heavy atom. The van der Waals surface area contributed by atoms with Gasteiger partial charge in [0, 0.05) is 25.6 Å². The fourth-order valence-electron chi connectivity index (χ4n) is 6.20. The van der Waals surface area contributed by atoms with E-state index in [1.807, 2.05) is 13.1 Å². The number of hydrogen-bond acceptors (Lipinski definition) is 3. The first-order valence-electron chi connectivity index (χ1n) is 13.9. The van der Waals surface area contributed by atoms with Crippen LogP contribution in [0.15, 0.2) is 73.3 Å². The van der Waals surface area contributed by atoms with Crippen LogP contribution in [0.25, 0.3) is 6.08 Å². The van der Waals surface area contributed by atoms with Crippen LogP contribution in [0.4, 0.5) is 11.4 Å². The lowest BCUT2D eigenvalue weighted by Crippen LogP contribution is -2.28. The van der Waals surface area contributed by atoms with Crippen LogP contribution >= 0.6 is 0 Å². The maximum atomic E-state index is 6.60. The molecule has 0 saturated heterocycles. The fraction of sp³-hybridized carbons (Fsp3) is 0.371. The first kappa shape index (κ1) is 27.7. The molecular formula is C35H45N3. The highest BCUT2D eigenvalue weighted by molar-refractivity contribution is 5.72. The Bertz CT molecular complexity index is 1330. The molecule has 0 spiro atoms. The molecule has 0 aliphatic heterocycles. The summed E-state index contributed by atoms with van der Waals surface area (Å²) in [5.41, 5.74) is 18.7. The monoisotopic (exact) mass is 507 g/mol. The number of nitrogens with zero attached hydrogens (tertiary/aromatic N) is 1. The summed E-state index contributed by atoms with van der Waals surface area (Å²) in [4.78, 5) is 2.63. The topological polar surface area (TPSA) is 41.3 Å². The molecule has 2 unspecified atom stereocenters. The number of aryl methyl sites for hydroxylation is 1. The molecule has 2 atom stereocenters. The van der Waals surface area contributed by atoms with Gasteiger partial charge in [-0.05, 0) is 83.7 Å². The molecule has 3 N–H and O–H groups in total. The molecule has 3 nitrogen and oxygen atoms in total. The number of fused-ring (bicyclic) bond motifs is 1. The molecule has 3 heteroatoms. The maximum absolute atomic E-state index is 6.60. The van der Waals surface area contributed by atoms with Gasteiger partial charge >= 0.3 is 0 Å². The highest BCUT2D eigenvalue weighted by Crippen LogP contribution is 2.49. The second-order valence-electron chi connectivity index (χ2n) is 11.4. The van der Waals surface area contributed by atoms with Gasteiger partial charge in [-0.2, -0.15) is 0 Å². The zero-order chi connectivity index (χ0) is 27.6. The Labute approximate surface area is 230 Å². The predicted molar refractivity (Wildman–Crippen MR) is 166 cm³/mol. The van der Waals surface area contributed by atoms with E-state index in [1.54, 1.807) is 0 Å². The molecule has 1 aliphatic carbocycles. The van der Waals surface area contributed by atoms with Crippen molar-refractivity contribution in [2.24, 2.45) is 5.41 Å². The third kappa shape index (κ3) is 5.05. The highest BCUT2D eigenvalue weighted by Gasteiger charge is 2.36. The van der Waals surface area contributed by atoms with E-state index in [1.165, 1.54) is 39.0 Å². The molecule has 3 aromatic rings. The molecule has 0 amide bonds. The van der Waals surface area contributed by atoms with Gasteiger partial charge in [-0.15, -0.1) is 0 Å². The van der Waals surface area contributed by atoms with Crippen molar-refractivity contribution in [2.45, 2.75) is 66.0 Å². The van der Waals surface area contributed by atoms with Gasteiger partial charge in [-0.25, -0.2) is 0 Å². The number of nitrogens with one attached hydrogen (secondary N) is 1. The van der Waals surface area contributed by atoms with Crippen molar-refractivity contribution in [3.8, 4) is 0 Å². The molecule has 0 bridgehead atoms. The molecule has 1 aliphatic rings. The predicted octanol–water partition coefficient (Wildman–Crippen LogP) is 8.51. The summed E-state index contributed by atoms with van der Waals surface area (Å²) in [7, 11) is 1.92. The number of nitrogens with two attached hydrogens (primary N) is 1. The van der Waals surface area contributed by atoms with Crippen molar-refractivity contribution in [2.75, 3.05) is 24.6 Å². The van der Waals surface area contributed by atoms with E-state index in [2.05, 4.69) is 113 Å². The zero-order valence-corrected chi connectivity index (χ0v) is 24.2. The van der Waals surface area contributed by atoms with E-state index in [0.717, 1.165) is 42.9 Å². The Hall–Kier alpha value is -3.30. The lowest BCUT2D eigenvalue weighted by Gasteiger charge is -2.38. The van der Waals surface area contributed by atoms with Crippen molar-refractivity contribution < 1.29 is 0 Å². The van der Waals surface area contributed by atoms with Gasteiger partial charge in [0.2, 0.25) is 0 Å². The molecule has 3 aromatic carbocycles. The third-order valence-electron chi connectivity index (χ3n) is 9.00. The van der Waals surface area contributed by atoms with Crippen molar-refractivity contribution in [3.05, 3.63) is 112 Å². The summed E-state index contributed by atoms with van der Waals surface area (Å²) < 4.78 is 0. The number of anilines is 2. The van der Waals surface area contributed by atoms with Gasteiger partial charge in [0.05, 0.1) is 11.4 Å². The fourth-order valence-corrected chi connectivity index (χ4v) is 6.20. The average molecular weight is 508 g/mol. The summed E-state index contributed by atoms with van der Waals surface area (Å²) in [5, 5.41) is 3.24. The summed E-state index contributed by atoms with van der Waals surface area (Å²) in [5.74, 6) is 0.149. The Morgan fingerprint density at radius 1 is 1.18 bits per heavy atom. The molecule has 38 heavy (non-hydrogen) atoms. The number of allylic oxidation sites excluding steroid dienone is 1. The van der Waals surface area contributed by atoms with Crippen LogP contribution in [0.2, 0.25) is 0 Å². The first-order chi connectivity index (χ1) is 18.1. The van der Waals surface area contributed by atoms with Gasteiger partial charge < -0.3 is 11.1 Å². The Balaban J connectivity index is 1.79. The first-order valence-corrected chi connectivity index (χ1v) is 13.9. The minimum Gasteiger partial charge on any atom is -0.397 e. The van der Waals surface area contributed by atoms with Crippen molar-refractivity contribution >= 4 is 17.5 Å². The number of rotatable bonds is 10. The highest BCUT2D eigenvalue weighted by atomic mass is 15.2. The summed E-state index contributed by atoms with van der Waals surface area (Å²) in [6, 6.07) is 20.6. The lowest BCUT2D eigenvalue weighted by atomic mass is 9.66. The molecule has 0 radical (unpaired) electrons. The van der Waals surface area contributed by atoms with E-state index in [4.69, 9.17) is 5.73 Å². The van der Waals surface area contributed by atoms with E-state index < -0.39 is 0 Å². The molecule has 0 heterocycles. The van der Waals surface area contributed by atoms with Gasteiger partial charge in [-0.3, -0.25) is 4.90 Å². The average Bonchev–Trinajstić information content (AvgIpc) is 3.33. The quantitative estimate of drug-likeness (QED) is 0.213. The number of benzene rings is 3. The van der Waals surface area contributed by atoms with Gasteiger partial charge in [-0.1, -0.05) is 94.1 Å². The standard InChI is InChI=1S/C35H45N3/c1-9-25-13-11-12-14-28(25)22-38(10-2)32-20-17-26-15-16-27(21-30(26)32)33(35(6,7)23(3)4)29-18-19-31(37-8)34(36)24(29)5/h9,11-16,18-19,21,32-33,37H,1,3,10,17,20,22,36H2,2,4-8H3. The van der Waals surface area contributed by atoms with E-state index in [-0.39, 0.29) is 11.3 Å². The van der Waals surface area contributed by atoms with E-state index in [0.29, 0.717) is 6.04 Å². The van der Waals surface area contributed by atoms with Crippen LogP contribution in [-0.4, -0.2) is 18.5 Å². The van der Waals surface area contributed by atoms with Crippen LogP contribution < -0.4 is 11.1 Å². The third-order valence-corrected chi connectivity index (χ3v) is 9.00. The molecule has 200 valence electrons. The molecular weight excluding hydrogens is 462 g/mol. The van der Waals surface area contributed by atoms with E-state index in [9.17, 15) is 0 Å². The molecule has 4 rings (SSSR count). The lowest BCUT2D eigenvalue weighted by molar-refractivity contribution is 0.198. The second-order valence-corrected chi connectivity index (χ2v) is 11.4. The van der Waals surface area contributed by atoms with Crippen LogP contribution in [0, 0.1) is 12.3 Å². The summed E-state index contributed by atoms with van der Waals surface area (Å²) in [6.07, 6.45) is 4.25. The van der Waals surface area contributed by atoms with Crippen molar-refractivity contribution in [1.82, 2.24) is 4.90 Å². The molecule has 0 fully saturated rings.